The fraction of sp³-hybridized carbons (Fsp3) is 0.938. The van der Waals surface area contributed by atoms with Crippen molar-refractivity contribution in [3.05, 3.63) is 0 Å². The Morgan fingerprint density at radius 1 is 0.826 bits per heavy atom. The molecule has 0 aliphatic rings. The minimum absolute atomic E-state index is 0.216. The van der Waals surface area contributed by atoms with Gasteiger partial charge in [0.2, 0.25) is 0 Å². The van der Waals surface area contributed by atoms with Crippen molar-refractivity contribution in [1.29, 1.82) is 0 Å². The molecule has 0 atom stereocenters. The van der Waals surface area contributed by atoms with E-state index in [1.807, 2.05) is 20.8 Å². The number of carbonyl (C=O) groups is 1. The summed E-state index contributed by atoms with van der Waals surface area (Å²) in [5, 5.41) is 0. The van der Waals surface area contributed by atoms with Gasteiger partial charge in [-0.05, 0) is 20.8 Å². The van der Waals surface area contributed by atoms with Crippen LogP contribution in [0, 0.1) is 0 Å². The maximum atomic E-state index is 11.4. The Kier molecular flexibility index (Phi) is 15.0. The van der Waals surface area contributed by atoms with Gasteiger partial charge in [0, 0.05) is 18.6 Å². The quantitative estimate of drug-likeness (QED) is 0.330. The summed E-state index contributed by atoms with van der Waals surface area (Å²) in [6.07, 6.45) is 0.300. The molecule has 0 aliphatic heterocycles. The zero-order valence-electron chi connectivity index (χ0n) is 14.9. The fourth-order valence-electron chi connectivity index (χ4n) is 1.45. The van der Waals surface area contributed by atoms with Crippen LogP contribution in [-0.2, 0) is 28.5 Å². The van der Waals surface area contributed by atoms with Crippen LogP contribution in [0.4, 0.5) is 0 Å². The van der Waals surface area contributed by atoms with Gasteiger partial charge in [-0.25, -0.2) is 0 Å². The molecule has 0 aromatic carbocycles. The zero-order valence-corrected chi connectivity index (χ0v) is 15.7. The molecule has 0 aliphatic carbocycles. The summed E-state index contributed by atoms with van der Waals surface area (Å²) in [6, 6.07) is 0. The molecule has 138 valence electrons. The molecule has 0 aromatic heterocycles. The Hall–Kier alpha value is -0.340. The van der Waals surface area contributed by atoms with Gasteiger partial charge in [-0.2, -0.15) is 11.8 Å². The van der Waals surface area contributed by atoms with Gasteiger partial charge < -0.3 is 23.7 Å². The maximum Gasteiger partial charge on any atom is 0.308 e. The monoisotopic (exact) mass is 352 g/mol. The number of thioether (sulfide) groups is 1. The van der Waals surface area contributed by atoms with Crippen molar-refractivity contribution in [2.45, 2.75) is 32.8 Å². The van der Waals surface area contributed by atoms with Gasteiger partial charge in [-0.3, -0.25) is 4.79 Å². The zero-order chi connectivity index (χ0) is 17.4. The molecule has 0 heterocycles. The van der Waals surface area contributed by atoms with Crippen LogP contribution in [0.25, 0.3) is 0 Å². The number of rotatable bonds is 15. The van der Waals surface area contributed by atoms with Crippen molar-refractivity contribution >= 4 is 17.7 Å². The van der Waals surface area contributed by atoms with Crippen molar-refractivity contribution in [2.75, 3.05) is 64.9 Å². The number of methoxy groups -OCH3 is 1. The van der Waals surface area contributed by atoms with Crippen LogP contribution in [0.2, 0.25) is 0 Å². The van der Waals surface area contributed by atoms with E-state index >= 15 is 0 Å². The summed E-state index contributed by atoms with van der Waals surface area (Å²) in [5.74, 6) is 1.60. The van der Waals surface area contributed by atoms with E-state index < -0.39 is 5.60 Å². The Morgan fingerprint density at radius 3 is 1.91 bits per heavy atom. The largest absolute Gasteiger partial charge is 0.460 e. The third kappa shape index (κ3) is 19.6. The summed E-state index contributed by atoms with van der Waals surface area (Å²) in [6.45, 7) is 9.74. The Bertz CT molecular complexity index is 280. The summed E-state index contributed by atoms with van der Waals surface area (Å²) < 4.78 is 26.2. The van der Waals surface area contributed by atoms with Crippen LogP contribution in [-0.4, -0.2) is 76.4 Å². The highest BCUT2D eigenvalue weighted by atomic mass is 32.2. The molecule has 0 aromatic rings. The summed E-state index contributed by atoms with van der Waals surface area (Å²) >= 11 is 1.77. The van der Waals surface area contributed by atoms with E-state index in [0.29, 0.717) is 52.7 Å². The first-order chi connectivity index (χ1) is 11.0. The van der Waals surface area contributed by atoms with Gasteiger partial charge in [0.05, 0.1) is 52.7 Å². The minimum atomic E-state index is -0.429. The molecule has 0 saturated carbocycles. The molecule has 0 unspecified atom stereocenters. The van der Waals surface area contributed by atoms with Gasteiger partial charge in [-0.15, -0.1) is 0 Å². The van der Waals surface area contributed by atoms with Crippen molar-refractivity contribution in [3.63, 3.8) is 0 Å². The molecule has 0 spiro atoms. The molecule has 0 radical (unpaired) electrons. The van der Waals surface area contributed by atoms with Crippen LogP contribution in [0.15, 0.2) is 0 Å². The van der Waals surface area contributed by atoms with E-state index in [1.165, 1.54) is 0 Å². The molecule has 0 N–H and O–H groups in total. The topological polar surface area (TPSA) is 63.2 Å². The Morgan fingerprint density at radius 2 is 1.35 bits per heavy atom. The Balaban J connectivity index is 3.15. The van der Waals surface area contributed by atoms with Crippen molar-refractivity contribution in [1.82, 2.24) is 0 Å². The first kappa shape index (κ1) is 22.7. The molecule has 0 fully saturated rings. The number of esters is 1. The number of hydrogen-bond donors (Lipinski definition) is 0. The summed E-state index contributed by atoms with van der Waals surface area (Å²) in [5.41, 5.74) is -0.429. The lowest BCUT2D eigenvalue weighted by atomic mass is 10.2. The van der Waals surface area contributed by atoms with Crippen LogP contribution in [0.1, 0.15) is 27.2 Å². The number of ether oxygens (including phenoxy) is 5. The Labute approximate surface area is 144 Å². The lowest BCUT2D eigenvalue weighted by molar-refractivity contribution is -0.155. The van der Waals surface area contributed by atoms with Gasteiger partial charge in [0.25, 0.3) is 0 Å². The lowest BCUT2D eigenvalue weighted by Crippen LogP contribution is -2.24. The number of carbonyl (C=O) groups excluding carboxylic acids is 1. The third-order valence-corrected chi connectivity index (χ3v) is 3.33. The van der Waals surface area contributed by atoms with E-state index in [0.717, 1.165) is 11.5 Å². The molecule has 0 bridgehead atoms. The van der Waals surface area contributed by atoms with Crippen molar-refractivity contribution in [3.8, 4) is 0 Å². The van der Waals surface area contributed by atoms with E-state index in [4.69, 9.17) is 23.7 Å². The first-order valence-corrected chi connectivity index (χ1v) is 9.13. The summed E-state index contributed by atoms with van der Waals surface area (Å²) in [4.78, 5) is 11.4. The molecule has 0 saturated heterocycles. The van der Waals surface area contributed by atoms with E-state index in [1.54, 1.807) is 18.9 Å². The van der Waals surface area contributed by atoms with E-state index in [9.17, 15) is 4.79 Å². The minimum Gasteiger partial charge on any atom is -0.460 e. The lowest BCUT2D eigenvalue weighted by Gasteiger charge is -2.19. The normalized spacial score (nSPS) is 11.7. The highest BCUT2D eigenvalue weighted by Crippen LogP contribution is 2.08. The smallest absolute Gasteiger partial charge is 0.308 e. The molecule has 0 rings (SSSR count). The molecular weight excluding hydrogens is 320 g/mol. The van der Waals surface area contributed by atoms with Gasteiger partial charge in [0.15, 0.2) is 0 Å². The van der Waals surface area contributed by atoms with Crippen LogP contribution in [0.3, 0.4) is 0 Å². The molecular formula is C16H32O6S. The van der Waals surface area contributed by atoms with Crippen molar-refractivity contribution < 1.29 is 28.5 Å². The van der Waals surface area contributed by atoms with Gasteiger partial charge in [-0.1, -0.05) is 0 Å². The number of hydrogen-bond acceptors (Lipinski definition) is 7. The fourth-order valence-corrected chi connectivity index (χ4v) is 2.13. The molecule has 6 nitrogen and oxygen atoms in total. The van der Waals surface area contributed by atoms with Gasteiger partial charge in [0.1, 0.15) is 5.60 Å². The van der Waals surface area contributed by atoms with Crippen LogP contribution in [0.5, 0.6) is 0 Å². The standard InChI is InChI=1S/C16H32O6S/c1-16(2,3)22-15(17)5-6-19-11-13-23-14-12-21-10-9-20-8-7-18-4/h5-14H2,1-4H3. The highest BCUT2D eigenvalue weighted by Gasteiger charge is 2.15. The first-order valence-electron chi connectivity index (χ1n) is 7.97. The molecule has 23 heavy (non-hydrogen) atoms. The average molecular weight is 352 g/mol. The van der Waals surface area contributed by atoms with Crippen molar-refractivity contribution in [2.24, 2.45) is 0 Å². The predicted octanol–water partition coefficient (Wildman–Crippen LogP) is 2.15. The molecule has 0 amide bonds. The predicted molar refractivity (Wildman–Crippen MR) is 92.1 cm³/mol. The second kappa shape index (κ2) is 15.2. The highest BCUT2D eigenvalue weighted by molar-refractivity contribution is 7.99. The summed E-state index contributed by atoms with van der Waals surface area (Å²) in [7, 11) is 1.65. The van der Waals surface area contributed by atoms with E-state index in [2.05, 4.69) is 0 Å². The molecule has 7 heteroatoms. The SMILES string of the molecule is COCCOCCOCCSCCOCCC(=O)OC(C)(C)C. The van der Waals surface area contributed by atoms with Crippen LogP contribution < -0.4 is 0 Å². The van der Waals surface area contributed by atoms with Gasteiger partial charge >= 0.3 is 5.97 Å². The third-order valence-electron chi connectivity index (χ3n) is 2.42. The second-order valence-corrected chi connectivity index (χ2v) is 7.00. The maximum absolute atomic E-state index is 11.4. The van der Waals surface area contributed by atoms with E-state index in [-0.39, 0.29) is 5.97 Å². The average Bonchev–Trinajstić information content (AvgIpc) is 2.46. The second-order valence-electron chi connectivity index (χ2n) is 5.78. The van der Waals surface area contributed by atoms with Crippen LogP contribution >= 0.6 is 11.8 Å².